The Kier molecular flexibility index (Phi) is 6.28. The van der Waals surface area contributed by atoms with Gasteiger partial charge in [0.1, 0.15) is 6.54 Å². The predicted octanol–water partition coefficient (Wildman–Crippen LogP) is 4.13. The molecule has 0 atom stereocenters. The zero-order chi connectivity index (χ0) is 28.4. The predicted molar refractivity (Wildman–Crippen MR) is 148 cm³/mol. The molecule has 0 saturated carbocycles. The number of anilines is 1. The molecule has 3 aliphatic rings. The van der Waals surface area contributed by atoms with Crippen LogP contribution in [0.25, 0.3) is 21.4 Å². The van der Waals surface area contributed by atoms with Crippen molar-refractivity contribution in [2.45, 2.75) is 50.2 Å². The summed E-state index contributed by atoms with van der Waals surface area (Å²) in [6, 6.07) is 3.86. The topological polar surface area (TPSA) is 103 Å². The second-order valence-electron chi connectivity index (χ2n) is 10.8. The van der Waals surface area contributed by atoms with Gasteiger partial charge in [0.15, 0.2) is 5.82 Å². The Hall–Kier alpha value is -3.55. The number of ether oxygens (including phenoxy) is 1. The number of aromatic nitrogens is 4. The Morgan fingerprint density at radius 3 is 2.76 bits per heavy atom. The highest BCUT2D eigenvalue weighted by atomic mass is 32.1. The lowest BCUT2D eigenvalue weighted by Gasteiger charge is -2.34. The van der Waals surface area contributed by atoms with Crippen molar-refractivity contribution in [2.75, 3.05) is 31.6 Å². The van der Waals surface area contributed by atoms with Crippen molar-refractivity contribution in [3.05, 3.63) is 62.7 Å². The molecule has 3 aromatic heterocycles. The molecular weight excluding hydrogens is 557 g/mol. The lowest BCUT2D eigenvalue weighted by atomic mass is 9.75. The van der Waals surface area contributed by atoms with Crippen molar-refractivity contribution >= 4 is 44.4 Å². The van der Waals surface area contributed by atoms with E-state index in [4.69, 9.17) is 9.72 Å². The maximum atomic E-state index is 13.9. The summed E-state index contributed by atoms with van der Waals surface area (Å²) in [5.74, 6) is 0.293. The second kappa shape index (κ2) is 9.78. The first-order chi connectivity index (χ1) is 19.7. The molecule has 9 nitrogen and oxygen atoms in total. The smallest absolute Gasteiger partial charge is 0.377 e. The highest BCUT2D eigenvalue weighted by Crippen LogP contribution is 2.44. The quantitative estimate of drug-likeness (QED) is 0.374. The number of nitrogens with one attached hydrogen (secondary N) is 2. The van der Waals surface area contributed by atoms with Crippen LogP contribution in [0.1, 0.15) is 48.3 Å². The molecule has 1 aliphatic carbocycles. The third-order valence-electron chi connectivity index (χ3n) is 8.53. The Bertz CT molecular complexity index is 1780. The number of nitrogens with zero attached hydrogens (tertiary/aromatic N) is 4. The second-order valence-corrected chi connectivity index (χ2v) is 11.7. The highest BCUT2D eigenvalue weighted by Gasteiger charge is 2.44. The number of hydrogen-bond acceptors (Lipinski definition) is 7. The van der Waals surface area contributed by atoms with Gasteiger partial charge in [-0.3, -0.25) is 9.59 Å². The minimum atomic E-state index is -4.50. The standard InChI is InChI=1S/C28H27F3N6O3S/c29-28(30,31)18-1-2-19(17-6-14-41-23(17)18)33-21(38)15-36-20-3-7-27(8-10-32-11-9-27)22(20)25(39)37-26(36)34-24(35-37)16-4-12-40-13-5-16/h1-2,4,6,14,32H,3,5,7-13,15H2,(H,33,38). The van der Waals surface area contributed by atoms with Crippen molar-refractivity contribution < 1.29 is 22.7 Å². The number of hydrogen-bond donors (Lipinski definition) is 2. The number of piperidine rings is 1. The van der Waals surface area contributed by atoms with Crippen LogP contribution in [-0.4, -0.2) is 51.4 Å². The number of fused-ring (bicyclic) bond motifs is 4. The first-order valence-electron chi connectivity index (χ1n) is 13.6. The Morgan fingerprint density at radius 2 is 2.00 bits per heavy atom. The van der Waals surface area contributed by atoms with E-state index in [2.05, 4.69) is 15.7 Å². The monoisotopic (exact) mass is 584 g/mol. The Labute approximate surface area is 236 Å². The van der Waals surface area contributed by atoms with E-state index in [1.807, 2.05) is 6.08 Å². The van der Waals surface area contributed by atoms with Crippen LogP contribution in [0.3, 0.4) is 0 Å². The first-order valence-corrected chi connectivity index (χ1v) is 14.5. The Balaban J connectivity index is 1.31. The van der Waals surface area contributed by atoms with Gasteiger partial charge < -0.3 is 19.9 Å². The van der Waals surface area contributed by atoms with Gasteiger partial charge in [-0.25, -0.2) is 0 Å². The van der Waals surface area contributed by atoms with Crippen LogP contribution in [-0.2, 0) is 34.1 Å². The van der Waals surface area contributed by atoms with Gasteiger partial charge >= 0.3 is 6.18 Å². The maximum Gasteiger partial charge on any atom is 0.417 e. The van der Waals surface area contributed by atoms with Gasteiger partial charge in [-0.15, -0.1) is 16.4 Å². The molecule has 1 fully saturated rings. The molecule has 7 rings (SSSR count). The fourth-order valence-corrected chi connectivity index (χ4v) is 7.50. The van der Waals surface area contributed by atoms with E-state index >= 15 is 0 Å². The van der Waals surface area contributed by atoms with Crippen molar-refractivity contribution in [3.63, 3.8) is 0 Å². The summed E-state index contributed by atoms with van der Waals surface area (Å²) in [6.07, 6.45) is 1.09. The fourth-order valence-electron chi connectivity index (χ4n) is 6.54. The number of rotatable bonds is 4. The molecule has 0 unspecified atom stereocenters. The van der Waals surface area contributed by atoms with Crippen molar-refractivity contribution in [2.24, 2.45) is 0 Å². The van der Waals surface area contributed by atoms with E-state index in [0.29, 0.717) is 48.5 Å². The van der Waals surface area contributed by atoms with E-state index in [-0.39, 0.29) is 28.0 Å². The lowest BCUT2D eigenvalue weighted by Crippen LogP contribution is -2.42. The number of amides is 1. The molecule has 0 bridgehead atoms. The molecule has 214 valence electrons. The van der Waals surface area contributed by atoms with Crippen LogP contribution < -0.4 is 16.2 Å². The van der Waals surface area contributed by atoms with Crippen LogP contribution in [0.4, 0.5) is 18.9 Å². The summed E-state index contributed by atoms with van der Waals surface area (Å²) in [5.41, 5.74) is 1.46. The van der Waals surface area contributed by atoms with Crippen LogP contribution in [0, 0.1) is 0 Å². The molecule has 1 aromatic carbocycles. The van der Waals surface area contributed by atoms with Gasteiger partial charge in [0.05, 0.1) is 18.8 Å². The summed E-state index contributed by atoms with van der Waals surface area (Å²) in [7, 11) is 0. The van der Waals surface area contributed by atoms with E-state index in [0.717, 1.165) is 61.0 Å². The SMILES string of the molecule is O=C(Cn1c2c(c(=O)n3nc(C4=CCOCC4)nc13)C1(CCNCC1)CC2)Nc1ccc(C(F)(F)F)c2sccc12. The summed E-state index contributed by atoms with van der Waals surface area (Å²) >= 11 is 0.982. The lowest BCUT2D eigenvalue weighted by molar-refractivity contribution is -0.136. The maximum absolute atomic E-state index is 13.9. The summed E-state index contributed by atoms with van der Waals surface area (Å²) in [5, 5.41) is 12.7. The van der Waals surface area contributed by atoms with Gasteiger partial charge in [-0.1, -0.05) is 6.08 Å². The molecule has 13 heteroatoms. The number of thiophene rings is 1. The van der Waals surface area contributed by atoms with Crippen molar-refractivity contribution in [1.29, 1.82) is 0 Å². The molecule has 4 aromatic rings. The fraction of sp³-hybridized carbons (Fsp3) is 0.429. The third-order valence-corrected chi connectivity index (χ3v) is 9.48. The van der Waals surface area contributed by atoms with Gasteiger partial charge in [-0.05, 0) is 74.3 Å². The van der Waals surface area contributed by atoms with Crippen LogP contribution in [0.15, 0.2) is 34.4 Å². The van der Waals surface area contributed by atoms with Gasteiger partial charge in [0.25, 0.3) is 5.56 Å². The Morgan fingerprint density at radius 1 is 1.17 bits per heavy atom. The third kappa shape index (κ3) is 4.37. The number of benzene rings is 1. The van der Waals surface area contributed by atoms with Gasteiger partial charge in [0.2, 0.25) is 11.7 Å². The molecule has 2 aliphatic heterocycles. The molecule has 5 heterocycles. The average molecular weight is 585 g/mol. The van der Waals surface area contributed by atoms with Gasteiger partial charge in [0, 0.05) is 32.4 Å². The normalized spacial score (nSPS) is 18.7. The molecule has 41 heavy (non-hydrogen) atoms. The average Bonchev–Trinajstić information content (AvgIpc) is 3.70. The number of carbonyl (C=O) groups is 1. The molecule has 1 spiro atoms. The minimum absolute atomic E-state index is 0.0710. The molecule has 1 saturated heterocycles. The van der Waals surface area contributed by atoms with Gasteiger partial charge in [-0.2, -0.15) is 22.7 Å². The highest BCUT2D eigenvalue weighted by molar-refractivity contribution is 7.17. The van der Waals surface area contributed by atoms with E-state index in [1.54, 1.807) is 16.0 Å². The van der Waals surface area contributed by atoms with Crippen LogP contribution in [0.2, 0.25) is 0 Å². The van der Waals surface area contributed by atoms with Crippen molar-refractivity contribution in [1.82, 2.24) is 24.5 Å². The van der Waals surface area contributed by atoms with Crippen LogP contribution in [0.5, 0.6) is 0 Å². The molecule has 0 radical (unpaired) electrons. The van der Waals surface area contributed by atoms with Crippen molar-refractivity contribution in [3.8, 4) is 0 Å². The van der Waals surface area contributed by atoms with E-state index in [1.165, 1.54) is 10.6 Å². The summed E-state index contributed by atoms with van der Waals surface area (Å²) in [6.45, 7) is 2.42. The largest absolute Gasteiger partial charge is 0.417 e. The molecule has 1 amide bonds. The zero-order valence-corrected chi connectivity index (χ0v) is 22.8. The first kappa shape index (κ1) is 26.4. The van der Waals surface area contributed by atoms with E-state index < -0.39 is 17.6 Å². The molecular formula is C28H27F3N6O3S. The zero-order valence-electron chi connectivity index (χ0n) is 22.0. The van der Waals surface area contributed by atoms with E-state index in [9.17, 15) is 22.8 Å². The minimum Gasteiger partial charge on any atom is -0.377 e. The summed E-state index contributed by atoms with van der Waals surface area (Å²) < 4.78 is 49.2. The van der Waals surface area contributed by atoms with Crippen LogP contribution >= 0.6 is 11.3 Å². The number of halogens is 3. The molecule has 2 N–H and O–H groups in total. The number of carbonyl (C=O) groups excluding carboxylic acids is 1. The summed E-state index contributed by atoms with van der Waals surface area (Å²) in [4.78, 5) is 32.2. The number of alkyl halides is 3.